The Morgan fingerprint density at radius 2 is 2.28 bits per heavy atom. The fourth-order valence-electron chi connectivity index (χ4n) is 2.50. The van der Waals surface area contributed by atoms with Gasteiger partial charge in [-0.1, -0.05) is 11.6 Å². The quantitative estimate of drug-likeness (QED) is 0.841. The van der Waals surface area contributed by atoms with E-state index in [9.17, 15) is 18.0 Å². The highest BCUT2D eigenvalue weighted by Gasteiger charge is 2.32. The minimum absolute atomic E-state index is 0.0643. The molecule has 0 spiro atoms. The number of halogens is 4. The van der Waals surface area contributed by atoms with Crippen molar-refractivity contribution in [3.63, 3.8) is 0 Å². The first kappa shape index (κ1) is 17.9. The molecule has 0 saturated carbocycles. The molecule has 1 atom stereocenters. The number of hydrogen-bond acceptors (Lipinski definition) is 5. The second-order valence-electron chi connectivity index (χ2n) is 5.59. The fourth-order valence-corrected chi connectivity index (χ4v) is 2.75. The summed E-state index contributed by atoms with van der Waals surface area (Å²) < 4.78 is 45.1. The van der Waals surface area contributed by atoms with E-state index < -0.39 is 11.7 Å². The van der Waals surface area contributed by atoms with Crippen LogP contribution in [0, 0.1) is 0 Å². The average molecular weight is 378 g/mol. The van der Waals surface area contributed by atoms with Gasteiger partial charge in [-0.15, -0.1) is 10.2 Å². The summed E-state index contributed by atoms with van der Waals surface area (Å²) in [5.41, 5.74) is -0.817. The van der Waals surface area contributed by atoms with Gasteiger partial charge in [-0.25, -0.2) is 0 Å². The van der Waals surface area contributed by atoms with Crippen molar-refractivity contribution in [1.82, 2.24) is 25.2 Å². The van der Waals surface area contributed by atoms with E-state index in [1.54, 1.807) is 0 Å². The van der Waals surface area contributed by atoms with Crippen LogP contribution in [0.1, 0.15) is 17.8 Å². The van der Waals surface area contributed by atoms with Crippen molar-refractivity contribution in [1.29, 1.82) is 0 Å². The minimum atomic E-state index is -4.55. The molecular weight excluding hydrogens is 363 g/mol. The first-order valence-electron chi connectivity index (χ1n) is 7.53. The van der Waals surface area contributed by atoms with Crippen LogP contribution in [-0.4, -0.2) is 46.3 Å². The molecule has 25 heavy (non-hydrogen) atoms. The van der Waals surface area contributed by atoms with Gasteiger partial charge in [0.2, 0.25) is 5.91 Å². The van der Waals surface area contributed by atoms with Crippen LogP contribution >= 0.6 is 11.6 Å². The Morgan fingerprint density at radius 1 is 1.48 bits per heavy atom. The van der Waals surface area contributed by atoms with E-state index in [0.717, 1.165) is 16.7 Å². The van der Waals surface area contributed by atoms with Crippen LogP contribution < -0.4 is 10.6 Å². The molecule has 2 aromatic heterocycles. The summed E-state index contributed by atoms with van der Waals surface area (Å²) in [6.45, 7) is 1.65. The number of ether oxygens (including phenoxy) is 1. The Kier molecular flexibility index (Phi) is 5.11. The molecular formula is C14H15ClF3N5O2. The number of pyridine rings is 1. The third kappa shape index (κ3) is 4.20. The summed E-state index contributed by atoms with van der Waals surface area (Å²) in [5, 5.41) is 13.2. The van der Waals surface area contributed by atoms with Gasteiger partial charge in [0.1, 0.15) is 0 Å². The maximum Gasteiger partial charge on any atom is 0.417 e. The lowest BCUT2D eigenvalue weighted by atomic mass is 10.2. The molecule has 1 saturated heterocycles. The lowest BCUT2D eigenvalue weighted by Crippen LogP contribution is -2.44. The number of nitrogens with one attached hydrogen (secondary N) is 2. The number of morpholine rings is 1. The van der Waals surface area contributed by atoms with E-state index in [1.807, 2.05) is 0 Å². The van der Waals surface area contributed by atoms with Crippen molar-refractivity contribution in [2.24, 2.45) is 0 Å². The van der Waals surface area contributed by atoms with E-state index in [-0.39, 0.29) is 41.4 Å². The highest BCUT2D eigenvalue weighted by Crippen LogP contribution is 2.32. The molecule has 2 N–H and O–H groups in total. The van der Waals surface area contributed by atoms with E-state index in [2.05, 4.69) is 20.8 Å². The molecule has 1 aliphatic rings. The zero-order valence-electron chi connectivity index (χ0n) is 12.9. The standard InChI is InChI=1S/C14H15ClF3N5O2/c15-10-3-8(14(16,17)18)6-23-11(21-22-13(10)23)5-20-12(24)4-9-7-25-2-1-19-9/h3,6,9,19H,1-2,4-5,7H2,(H,20,24). The number of aromatic nitrogens is 3. The predicted molar refractivity (Wildman–Crippen MR) is 82.1 cm³/mol. The Morgan fingerprint density at radius 3 is 2.96 bits per heavy atom. The molecule has 0 aromatic carbocycles. The van der Waals surface area contributed by atoms with E-state index in [0.29, 0.717) is 19.8 Å². The molecule has 7 nitrogen and oxygen atoms in total. The molecule has 11 heteroatoms. The molecule has 136 valence electrons. The zero-order chi connectivity index (χ0) is 18.0. The van der Waals surface area contributed by atoms with E-state index >= 15 is 0 Å². The topological polar surface area (TPSA) is 80.5 Å². The van der Waals surface area contributed by atoms with Crippen LogP contribution in [0.4, 0.5) is 13.2 Å². The fraction of sp³-hybridized carbons (Fsp3) is 0.500. The normalized spacial score (nSPS) is 18.5. The van der Waals surface area contributed by atoms with Gasteiger partial charge in [0, 0.05) is 25.2 Å². The minimum Gasteiger partial charge on any atom is -0.378 e. The summed E-state index contributed by atoms with van der Waals surface area (Å²) in [6.07, 6.45) is -3.49. The Bertz CT molecular complexity index is 774. The number of fused-ring (bicyclic) bond motifs is 1. The van der Waals surface area contributed by atoms with Gasteiger partial charge in [0.05, 0.1) is 30.3 Å². The summed E-state index contributed by atoms with van der Waals surface area (Å²) in [4.78, 5) is 12.0. The molecule has 0 bridgehead atoms. The van der Waals surface area contributed by atoms with Crippen LogP contribution in [0.25, 0.3) is 5.65 Å². The number of nitrogens with zero attached hydrogens (tertiary/aromatic N) is 3. The monoisotopic (exact) mass is 377 g/mol. The summed E-state index contributed by atoms with van der Waals surface area (Å²) in [5.74, 6) is -0.109. The number of carbonyl (C=O) groups is 1. The lowest BCUT2D eigenvalue weighted by molar-refractivity contribution is -0.137. The van der Waals surface area contributed by atoms with E-state index in [1.165, 1.54) is 0 Å². The molecule has 1 fully saturated rings. The maximum absolute atomic E-state index is 12.9. The first-order valence-corrected chi connectivity index (χ1v) is 7.90. The third-order valence-corrected chi connectivity index (χ3v) is 4.01. The number of rotatable bonds is 4. The van der Waals surface area contributed by atoms with Gasteiger partial charge in [-0.05, 0) is 6.07 Å². The number of amides is 1. The van der Waals surface area contributed by atoms with Crippen molar-refractivity contribution >= 4 is 23.2 Å². The highest BCUT2D eigenvalue weighted by molar-refractivity contribution is 6.33. The Balaban J connectivity index is 1.71. The van der Waals surface area contributed by atoms with Gasteiger partial charge in [-0.3, -0.25) is 9.20 Å². The van der Waals surface area contributed by atoms with Crippen LogP contribution in [-0.2, 0) is 22.3 Å². The number of hydrogen-bond donors (Lipinski definition) is 2. The van der Waals surface area contributed by atoms with E-state index in [4.69, 9.17) is 16.3 Å². The van der Waals surface area contributed by atoms with Gasteiger partial charge in [-0.2, -0.15) is 13.2 Å². The van der Waals surface area contributed by atoms with Crippen molar-refractivity contribution in [3.05, 3.63) is 28.7 Å². The maximum atomic E-state index is 12.9. The molecule has 3 rings (SSSR count). The highest BCUT2D eigenvalue weighted by atomic mass is 35.5. The summed E-state index contributed by atoms with van der Waals surface area (Å²) >= 11 is 5.84. The second-order valence-corrected chi connectivity index (χ2v) is 6.00. The molecule has 0 aliphatic carbocycles. The predicted octanol–water partition coefficient (Wildman–Crippen LogP) is 1.40. The third-order valence-electron chi connectivity index (χ3n) is 3.73. The van der Waals surface area contributed by atoms with Gasteiger partial charge in [0.25, 0.3) is 0 Å². The average Bonchev–Trinajstić information content (AvgIpc) is 2.97. The second kappa shape index (κ2) is 7.14. The SMILES string of the molecule is O=C(CC1COCCN1)NCc1nnc2c(Cl)cc(C(F)(F)F)cn12. The van der Waals surface area contributed by atoms with Gasteiger partial charge in [0.15, 0.2) is 11.5 Å². The Hall–Kier alpha value is -1.91. The van der Waals surface area contributed by atoms with Crippen molar-refractivity contribution in [3.8, 4) is 0 Å². The van der Waals surface area contributed by atoms with Crippen LogP contribution in [0.5, 0.6) is 0 Å². The first-order chi connectivity index (χ1) is 11.8. The molecule has 0 radical (unpaired) electrons. The van der Waals surface area contributed by atoms with Crippen molar-refractivity contribution in [2.75, 3.05) is 19.8 Å². The van der Waals surface area contributed by atoms with Crippen LogP contribution in [0.2, 0.25) is 5.02 Å². The largest absolute Gasteiger partial charge is 0.417 e. The van der Waals surface area contributed by atoms with Crippen molar-refractivity contribution in [2.45, 2.75) is 25.2 Å². The number of alkyl halides is 3. The lowest BCUT2D eigenvalue weighted by Gasteiger charge is -2.23. The molecule has 3 heterocycles. The molecule has 1 unspecified atom stereocenters. The molecule has 1 amide bonds. The zero-order valence-corrected chi connectivity index (χ0v) is 13.7. The van der Waals surface area contributed by atoms with Crippen molar-refractivity contribution < 1.29 is 22.7 Å². The summed E-state index contributed by atoms with van der Waals surface area (Å²) in [6, 6.07) is 0.707. The van der Waals surface area contributed by atoms with Gasteiger partial charge < -0.3 is 15.4 Å². The molecule has 2 aromatic rings. The van der Waals surface area contributed by atoms with Crippen LogP contribution in [0.3, 0.4) is 0 Å². The molecule has 1 aliphatic heterocycles. The van der Waals surface area contributed by atoms with Gasteiger partial charge >= 0.3 is 6.18 Å². The Labute approximate surface area is 145 Å². The summed E-state index contributed by atoms with van der Waals surface area (Å²) in [7, 11) is 0. The number of carbonyl (C=O) groups excluding carboxylic acids is 1. The van der Waals surface area contributed by atoms with Crippen LogP contribution in [0.15, 0.2) is 12.3 Å². The smallest absolute Gasteiger partial charge is 0.378 e.